The standard InChI is InChI=1S/C15H13ClN2O5S/c16-10-7-9(8-11-14(10)23-6-5-22-11)3-4-17-15(19)12-1-2-13(24-12)18(20)21/h1-2,7-8H,3-6H2,(H,17,19). The number of nitrogens with one attached hydrogen (secondary N) is 1. The third kappa shape index (κ3) is 3.60. The lowest BCUT2D eigenvalue weighted by Gasteiger charge is -2.20. The van der Waals surface area contributed by atoms with Gasteiger partial charge in [0.1, 0.15) is 13.2 Å². The van der Waals surface area contributed by atoms with Crippen molar-refractivity contribution >= 4 is 33.8 Å². The summed E-state index contributed by atoms with van der Waals surface area (Å²) in [5.41, 5.74) is 0.904. The molecule has 0 unspecified atom stereocenters. The summed E-state index contributed by atoms with van der Waals surface area (Å²) in [6.45, 7) is 1.32. The largest absolute Gasteiger partial charge is 0.486 e. The SMILES string of the molecule is O=C(NCCc1cc(Cl)c2c(c1)OCCO2)c1ccc([N+](=O)[O-])s1. The molecule has 1 aromatic heterocycles. The van der Waals surface area contributed by atoms with E-state index in [-0.39, 0.29) is 10.9 Å². The van der Waals surface area contributed by atoms with Gasteiger partial charge < -0.3 is 14.8 Å². The molecule has 2 aromatic rings. The van der Waals surface area contributed by atoms with Gasteiger partial charge in [0.2, 0.25) is 0 Å². The molecule has 0 fully saturated rings. The van der Waals surface area contributed by atoms with Crippen LogP contribution < -0.4 is 14.8 Å². The predicted molar refractivity (Wildman–Crippen MR) is 89.5 cm³/mol. The van der Waals surface area contributed by atoms with Crippen molar-refractivity contribution in [2.75, 3.05) is 19.8 Å². The van der Waals surface area contributed by atoms with Crippen molar-refractivity contribution in [3.8, 4) is 11.5 Å². The molecule has 1 aliphatic rings. The first-order valence-corrected chi connectivity index (χ1v) is 8.34. The van der Waals surface area contributed by atoms with E-state index in [1.54, 1.807) is 6.07 Å². The molecule has 1 aromatic carbocycles. The average Bonchev–Trinajstić information content (AvgIpc) is 3.05. The molecule has 0 spiro atoms. The molecule has 126 valence electrons. The third-order valence-electron chi connectivity index (χ3n) is 3.35. The van der Waals surface area contributed by atoms with Crippen LogP contribution in [0.25, 0.3) is 0 Å². The normalized spacial score (nSPS) is 12.7. The quantitative estimate of drug-likeness (QED) is 0.647. The van der Waals surface area contributed by atoms with Crippen molar-refractivity contribution in [2.24, 2.45) is 0 Å². The van der Waals surface area contributed by atoms with E-state index in [0.29, 0.717) is 47.6 Å². The summed E-state index contributed by atoms with van der Waals surface area (Å²) in [6, 6.07) is 6.37. The smallest absolute Gasteiger partial charge is 0.324 e. The van der Waals surface area contributed by atoms with Crippen molar-refractivity contribution < 1.29 is 19.2 Å². The maximum Gasteiger partial charge on any atom is 0.324 e. The summed E-state index contributed by atoms with van der Waals surface area (Å²) in [5, 5.41) is 13.8. The van der Waals surface area contributed by atoms with Crippen LogP contribution in [-0.4, -0.2) is 30.6 Å². The van der Waals surface area contributed by atoms with E-state index in [0.717, 1.165) is 16.9 Å². The highest BCUT2D eigenvalue weighted by Crippen LogP contribution is 2.38. The monoisotopic (exact) mass is 368 g/mol. The molecule has 1 aliphatic heterocycles. The van der Waals surface area contributed by atoms with Gasteiger partial charge >= 0.3 is 5.00 Å². The fourth-order valence-corrected chi connectivity index (χ4v) is 3.29. The number of amides is 1. The van der Waals surface area contributed by atoms with Gasteiger partial charge in [-0.2, -0.15) is 0 Å². The molecule has 9 heteroatoms. The van der Waals surface area contributed by atoms with Gasteiger partial charge in [0.25, 0.3) is 5.91 Å². The Kier molecular flexibility index (Phi) is 4.86. The van der Waals surface area contributed by atoms with Crippen LogP contribution in [0, 0.1) is 10.1 Å². The van der Waals surface area contributed by atoms with E-state index in [4.69, 9.17) is 21.1 Å². The summed E-state index contributed by atoms with van der Waals surface area (Å²) in [7, 11) is 0. The number of halogens is 1. The van der Waals surface area contributed by atoms with Gasteiger partial charge in [0.05, 0.1) is 14.8 Å². The molecule has 3 rings (SSSR count). The van der Waals surface area contributed by atoms with Gasteiger partial charge in [0.15, 0.2) is 11.5 Å². The van der Waals surface area contributed by atoms with E-state index < -0.39 is 4.92 Å². The molecule has 1 N–H and O–H groups in total. The van der Waals surface area contributed by atoms with Gasteiger partial charge in [-0.25, -0.2) is 0 Å². The zero-order valence-electron chi connectivity index (χ0n) is 12.4. The minimum atomic E-state index is -0.515. The van der Waals surface area contributed by atoms with E-state index in [9.17, 15) is 14.9 Å². The predicted octanol–water partition coefficient (Wildman–Crippen LogP) is 3.05. The molecule has 0 atom stereocenters. The van der Waals surface area contributed by atoms with E-state index in [1.807, 2.05) is 6.07 Å². The second-order valence-electron chi connectivity index (χ2n) is 5.00. The number of fused-ring (bicyclic) bond motifs is 1. The molecule has 0 saturated carbocycles. The third-order valence-corrected chi connectivity index (χ3v) is 4.67. The summed E-state index contributed by atoms with van der Waals surface area (Å²) >= 11 is 7.01. The van der Waals surface area contributed by atoms with Gasteiger partial charge in [0, 0.05) is 12.6 Å². The molecule has 0 aliphatic carbocycles. The lowest BCUT2D eigenvalue weighted by Crippen LogP contribution is -2.25. The highest BCUT2D eigenvalue weighted by Gasteiger charge is 2.17. The van der Waals surface area contributed by atoms with Gasteiger partial charge in [-0.3, -0.25) is 14.9 Å². The molecular weight excluding hydrogens is 356 g/mol. The Bertz CT molecular complexity index is 792. The van der Waals surface area contributed by atoms with Gasteiger partial charge in [-0.05, 0) is 30.2 Å². The number of thiophene rings is 1. The topological polar surface area (TPSA) is 90.7 Å². The number of nitro groups is 1. The highest BCUT2D eigenvalue weighted by molar-refractivity contribution is 7.17. The van der Waals surface area contributed by atoms with Crippen molar-refractivity contribution in [3.05, 3.63) is 49.8 Å². The van der Waals surface area contributed by atoms with E-state index in [1.165, 1.54) is 12.1 Å². The summed E-state index contributed by atoms with van der Waals surface area (Å²) in [6.07, 6.45) is 0.551. The van der Waals surface area contributed by atoms with Crippen LogP contribution in [0.2, 0.25) is 5.02 Å². The van der Waals surface area contributed by atoms with E-state index in [2.05, 4.69) is 5.32 Å². The second-order valence-corrected chi connectivity index (χ2v) is 6.47. The van der Waals surface area contributed by atoms with Crippen LogP contribution in [0.3, 0.4) is 0 Å². The highest BCUT2D eigenvalue weighted by atomic mass is 35.5. The van der Waals surface area contributed by atoms with Crippen LogP contribution in [0.5, 0.6) is 11.5 Å². The van der Waals surface area contributed by atoms with E-state index >= 15 is 0 Å². The Morgan fingerprint density at radius 3 is 2.88 bits per heavy atom. The van der Waals surface area contributed by atoms with Crippen molar-refractivity contribution in [2.45, 2.75) is 6.42 Å². The fraction of sp³-hybridized carbons (Fsp3) is 0.267. The summed E-state index contributed by atoms with van der Waals surface area (Å²) < 4.78 is 11.0. The van der Waals surface area contributed by atoms with Gasteiger partial charge in [-0.1, -0.05) is 22.9 Å². The van der Waals surface area contributed by atoms with Crippen molar-refractivity contribution in [1.29, 1.82) is 0 Å². The zero-order valence-corrected chi connectivity index (χ0v) is 14.0. The molecule has 1 amide bonds. The molecule has 0 saturated heterocycles. The molecule has 0 bridgehead atoms. The maximum absolute atomic E-state index is 12.0. The first-order valence-electron chi connectivity index (χ1n) is 7.15. The summed E-state index contributed by atoms with van der Waals surface area (Å²) in [5.74, 6) is 0.808. The Morgan fingerprint density at radius 2 is 2.12 bits per heavy atom. The Hall–Kier alpha value is -2.32. The molecule has 0 radical (unpaired) electrons. The zero-order chi connectivity index (χ0) is 17.1. The Balaban J connectivity index is 1.59. The Labute approximate surface area is 146 Å². The summed E-state index contributed by atoms with van der Waals surface area (Å²) in [4.78, 5) is 22.4. The number of benzene rings is 1. The first kappa shape index (κ1) is 16.5. The number of hydrogen-bond acceptors (Lipinski definition) is 6. The molecule has 24 heavy (non-hydrogen) atoms. The van der Waals surface area contributed by atoms with Crippen LogP contribution in [0.1, 0.15) is 15.2 Å². The first-order chi connectivity index (χ1) is 11.5. The molecular formula is C15H13ClN2O5S. The van der Waals surface area contributed by atoms with Crippen LogP contribution >= 0.6 is 22.9 Å². The second kappa shape index (κ2) is 7.06. The average molecular weight is 369 g/mol. The molecule has 7 nitrogen and oxygen atoms in total. The van der Waals surface area contributed by atoms with Gasteiger partial charge in [-0.15, -0.1) is 0 Å². The van der Waals surface area contributed by atoms with Crippen LogP contribution in [0.4, 0.5) is 5.00 Å². The lowest BCUT2D eigenvalue weighted by atomic mass is 10.1. The maximum atomic E-state index is 12.0. The minimum absolute atomic E-state index is 0.0567. The lowest BCUT2D eigenvalue weighted by molar-refractivity contribution is -0.380. The number of ether oxygens (including phenoxy) is 2. The van der Waals surface area contributed by atoms with Crippen molar-refractivity contribution in [3.63, 3.8) is 0 Å². The number of hydrogen-bond donors (Lipinski definition) is 1. The fourth-order valence-electron chi connectivity index (χ4n) is 2.26. The number of nitrogens with zero attached hydrogens (tertiary/aromatic N) is 1. The minimum Gasteiger partial charge on any atom is -0.486 e. The van der Waals surface area contributed by atoms with Crippen LogP contribution in [0.15, 0.2) is 24.3 Å². The number of rotatable bonds is 5. The number of carbonyl (C=O) groups is 1. The number of carbonyl (C=O) groups excluding carboxylic acids is 1. The van der Waals surface area contributed by atoms with Crippen LogP contribution in [-0.2, 0) is 6.42 Å². The Morgan fingerprint density at radius 1 is 1.33 bits per heavy atom. The van der Waals surface area contributed by atoms with Crippen molar-refractivity contribution in [1.82, 2.24) is 5.32 Å². The molecule has 2 heterocycles.